The number of carbonyl (C=O) groups is 1. The number of benzene rings is 1. The lowest BCUT2D eigenvalue weighted by atomic mass is 10.1. The summed E-state index contributed by atoms with van der Waals surface area (Å²) in [5.74, 6) is -0.507. The van der Waals surface area contributed by atoms with Crippen LogP contribution in [0.3, 0.4) is 0 Å². The number of alkyl halides is 3. The van der Waals surface area contributed by atoms with Crippen LogP contribution >= 0.6 is 11.6 Å². The van der Waals surface area contributed by atoms with Crippen molar-refractivity contribution in [2.24, 2.45) is 0 Å². The average Bonchev–Trinajstić information content (AvgIpc) is 2.30. The number of hydrogen-bond donors (Lipinski definition) is 1. The summed E-state index contributed by atoms with van der Waals surface area (Å²) in [6.45, 7) is 0.640. The summed E-state index contributed by atoms with van der Waals surface area (Å²) in [7, 11) is -5.40. The molecule has 0 aliphatic rings. The van der Waals surface area contributed by atoms with E-state index in [1.165, 1.54) is 22.9 Å². The fourth-order valence-corrected chi connectivity index (χ4v) is 2.13. The highest BCUT2D eigenvalue weighted by atomic mass is 35.5. The van der Waals surface area contributed by atoms with Crippen molar-refractivity contribution in [2.75, 3.05) is 6.54 Å². The molecule has 0 saturated carbocycles. The van der Waals surface area contributed by atoms with Gasteiger partial charge in [-0.05, 0) is 30.2 Å². The lowest BCUT2D eigenvalue weighted by molar-refractivity contribution is -0.131. The molecule has 0 aromatic heterocycles. The molecule has 1 aromatic carbocycles. The molecule has 0 amide bonds. The highest BCUT2D eigenvalue weighted by molar-refractivity contribution is 7.90. The molecule has 0 heterocycles. The number of carbonyl (C=O) groups excluding carboxylic acids is 1. The van der Waals surface area contributed by atoms with Gasteiger partial charge >= 0.3 is 21.5 Å². The number of halogens is 4. The van der Waals surface area contributed by atoms with E-state index < -0.39 is 28.0 Å². The average molecular weight is 346 g/mol. The normalized spacial score (nSPS) is 12.2. The molecule has 0 unspecified atom stereocenters. The molecule has 5 nitrogen and oxygen atoms in total. The van der Waals surface area contributed by atoms with E-state index in [-0.39, 0.29) is 17.2 Å². The van der Waals surface area contributed by atoms with Gasteiger partial charge in [0.2, 0.25) is 0 Å². The maximum atomic E-state index is 12.1. The zero-order chi connectivity index (χ0) is 16.3. The Hall–Kier alpha value is -1.32. The van der Waals surface area contributed by atoms with E-state index in [4.69, 9.17) is 16.3 Å². The zero-order valence-electron chi connectivity index (χ0n) is 10.7. The standard InChI is InChI=1S/C11H11ClF3NO4S/c1-7(17)20-10-3-2-9(12)6-8(10)4-5-16-21(18,19)11(13,14)15/h2-3,6,16H,4-5H2,1H3. The predicted molar refractivity (Wildman–Crippen MR) is 69.4 cm³/mol. The van der Waals surface area contributed by atoms with Gasteiger partial charge in [-0.2, -0.15) is 13.2 Å². The summed E-state index contributed by atoms with van der Waals surface area (Å²) in [4.78, 5) is 10.9. The van der Waals surface area contributed by atoms with Crippen LogP contribution in [-0.2, 0) is 21.2 Å². The number of nitrogens with one attached hydrogen (secondary N) is 1. The topological polar surface area (TPSA) is 72.5 Å². The molecule has 21 heavy (non-hydrogen) atoms. The summed E-state index contributed by atoms with van der Waals surface area (Å²) in [6, 6.07) is 4.18. The Bertz CT molecular complexity index is 631. The van der Waals surface area contributed by atoms with Crippen molar-refractivity contribution in [3.63, 3.8) is 0 Å². The van der Waals surface area contributed by atoms with Gasteiger partial charge in [0.05, 0.1) is 0 Å². The molecule has 1 rings (SSSR count). The van der Waals surface area contributed by atoms with Crippen molar-refractivity contribution < 1.29 is 31.1 Å². The number of rotatable bonds is 5. The molecule has 0 radical (unpaired) electrons. The Morgan fingerprint density at radius 2 is 2.00 bits per heavy atom. The second kappa shape index (κ2) is 6.63. The molecule has 0 spiro atoms. The van der Waals surface area contributed by atoms with Crippen LogP contribution < -0.4 is 9.46 Å². The lowest BCUT2D eigenvalue weighted by Crippen LogP contribution is -2.37. The van der Waals surface area contributed by atoms with Crippen molar-refractivity contribution >= 4 is 27.6 Å². The van der Waals surface area contributed by atoms with Crippen LogP contribution in [0.4, 0.5) is 13.2 Å². The van der Waals surface area contributed by atoms with Crippen LogP contribution in [0.1, 0.15) is 12.5 Å². The highest BCUT2D eigenvalue weighted by Crippen LogP contribution is 2.24. The Kier molecular flexibility index (Phi) is 5.60. The van der Waals surface area contributed by atoms with Gasteiger partial charge in [0, 0.05) is 18.5 Å². The zero-order valence-corrected chi connectivity index (χ0v) is 12.3. The predicted octanol–water partition coefficient (Wildman–Crippen LogP) is 2.25. The fourth-order valence-electron chi connectivity index (χ4n) is 1.40. The number of esters is 1. The van der Waals surface area contributed by atoms with Crippen LogP contribution in [0.5, 0.6) is 5.75 Å². The quantitative estimate of drug-likeness (QED) is 0.656. The first-order valence-electron chi connectivity index (χ1n) is 5.56. The maximum absolute atomic E-state index is 12.1. The van der Waals surface area contributed by atoms with Crippen molar-refractivity contribution in [3.05, 3.63) is 28.8 Å². The summed E-state index contributed by atoms with van der Waals surface area (Å²) in [6.07, 6.45) is -0.127. The van der Waals surface area contributed by atoms with Crippen molar-refractivity contribution in [1.29, 1.82) is 0 Å². The summed E-state index contributed by atoms with van der Waals surface area (Å²) >= 11 is 5.74. The van der Waals surface area contributed by atoms with Crippen molar-refractivity contribution in [3.8, 4) is 5.75 Å². The van der Waals surface area contributed by atoms with E-state index in [1.807, 2.05) is 0 Å². The fraction of sp³-hybridized carbons (Fsp3) is 0.364. The first kappa shape index (κ1) is 17.7. The highest BCUT2D eigenvalue weighted by Gasteiger charge is 2.45. The molecule has 0 fully saturated rings. The molecule has 118 valence electrons. The first-order valence-corrected chi connectivity index (χ1v) is 7.42. The monoisotopic (exact) mass is 345 g/mol. The second-order valence-corrected chi connectivity index (χ2v) is 6.13. The van der Waals surface area contributed by atoms with Gasteiger partial charge < -0.3 is 4.74 Å². The summed E-state index contributed by atoms with van der Waals surface area (Å²) in [5.41, 5.74) is -5.07. The Morgan fingerprint density at radius 1 is 1.38 bits per heavy atom. The van der Waals surface area contributed by atoms with Crippen molar-refractivity contribution in [2.45, 2.75) is 18.9 Å². The molecular weight excluding hydrogens is 335 g/mol. The van der Waals surface area contributed by atoms with Gasteiger partial charge in [0.15, 0.2) is 0 Å². The molecule has 1 N–H and O–H groups in total. The molecule has 10 heteroatoms. The molecule has 0 aliphatic carbocycles. The SMILES string of the molecule is CC(=O)Oc1ccc(Cl)cc1CCNS(=O)(=O)C(F)(F)F. The number of hydrogen-bond acceptors (Lipinski definition) is 4. The first-order chi connectivity index (χ1) is 9.53. The van der Waals surface area contributed by atoms with E-state index >= 15 is 0 Å². The van der Waals surface area contributed by atoms with E-state index in [0.717, 1.165) is 6.92 Å². The smallest absolute Gasteiger partial charge is 0.426 e. The van der Waals surface area contributed by atoms with Gasteiger partial charge in [-0.15, -0.1) is 0 Å². The second-order valence-electron chi connectivity index (χ2n) is 3.94. The Labute approximate surface area is 124 Å². The van der Waals surface area contributed by atoms with E-state index in [9.17, 15) is 26.4 Å². The number of ether oxygens (including phenoxy) is 1. The van der Waals surface area contributed by atoms with E-state index in [2.05, 4.69) is 0 Å². The molecule has 0 bridgehead atoms. The molecule has 1 aromatic rings. The van der Waals surface area contributed by atoms with Gasteiger partial charge in [-0.25, -0.2) is 13.1 Å². The van der Waals surface area contributed by atoms with Gasteiger partial charge in [0.1, 0.15) is 5.75 Å². The minimum atomic E-state index is -5.40. The van der Waals surface area contributed by atoms with Gasteiger partial charge in [-0.1, -0.05) is 11.6 Å². The molecule has 0 atom stereocenters. The van der Waals surface area contributed by atoms with Crippen LogP contribution in [0.2, 0.25) is 5.02 Å². The third kappa shape index (κ3) is 5.18. The third-order valence-electron chi connectivity index (χ3n) is 2.27. The molecule has 0 saturated heterocycles. The van der Waals surface area contributed by atoms with Gasteiger partial charge in [-0.3, -0.25) is 4.79 Å². The number of sulfonamides is 1. The van der Waals surface area contributed by atoms with Gasteiger partial charge in [0.25, 0.3) is 0 Å². The van der Waals surface area contributed by atoms with Crippen LogP contribution in [0, 0.1) is 0 Å². The Balaban J connectivity index is 2.80. The van der Waals surface area contributed by atoms with Crippen LogP contribution in [-0.4, -0.2) is 26.4 Å². The van der Waals surface area contributed by atoms with E-state index in [1.54, 1.807) is 0 Å². The Morgan fingerprint density at radius 3 is 2.52 bits per heavy atom. The maximum Gasteiger partial charge on any atom is 0.511 e. The van der Waals surface area contributed by atoms with Crippen molar-refractivity contribution in [1.82, 2.24) is 4.72 Å². The minimum absolute atomic E-state index is 0.109. The molecular formula is C11H11ClF3NO4S. The summed E-state index contributed by atoms with van der Waals surface area (Å²) in [5, 5.41) is 0.277. The third-order valence-corrected chi connectivity index (χ3v) is 3.70. The van der Waals surface area contributed by atoms with Crippen LogP contribution in [0.15, 0.2) is 18.2 Å². The largest absolute Gasteiger partial charge is 0.511 e. The molecule has 0 aliphatic heterocycles. The lowest BCUT2D eigenvalue weighted by Gasteiger charge is -2.11. The minimum Gasteiger partial charge on any atom is -0.426 e. The summed E-state index contributed by atoms with van der Waals surface area (Å²) < 4.78 is 64.3. The van der Waals surface area contributed by atoms with E-state index in [0.29, 0.717) is 5.56 Å². The van der Waals surface area contributed by atoms with Crippen LogP contribution in [0.25, 0.3) is 0 Å².